The molecule has 0 amide bonds. The average molecular weight is 170 g/mol. The highest BCUT2D eigenvalue weighted by atomic mass is 16.3. The minimum absolute atomic E-state index is 0.309. The van der Waals surface area contributed by atoms with Crippen LogP contribution in [0.15, 0.2) is 24.8 Å². The molecular formula is C10H18O2. The molecule has 70 valence electrons. The number of rotatable bonds is 5. The zero-order valence-corrected chi connectivity index (χ0v) is 7.88. The molecule has 0 saturated heterocycles. The number of aliphatic hydroxyl groups is 2. The summed E-state index contributed by atoms with van der Waals surface area (Å²) in [4.78, 5) is 0. The third-order valence-corrected chi connectivity index (χ3v) is 1.67. The van der Waals surface area contributed by atoms with Crippen molar-refractivity contribution in [3.63, 3.8) is 0 Å². The van der Waals surface area contributed by atoms with Gasteiger partial charge in [0.05, 0.1) is 11.7 Å². The highest BCUT2D eigenvalue weighted by molar-refractivity contribution is 4.97. The summed E-state index contributed by atoms with van der Waals surface area (Å²) in [5.74, 6) is 0. The predicted octanol–water partition coefficient (Wildman–Crippen LogP) is 1.64. The maximum Gasteiger partial charge on any atom is 0.0821 e. The number of aliphatic hydroxyl groups excluding tert-OH is 1. The van der Waals surface area contributed by atoms with E-state index >= 15 is 0 Å². The van der Waals surface area contributed by atoms with E-state index in [4.69, 9.17) is 0 Å². The molecule has 0 bridgehead atoms. The van der Waals surface area contributed by atoms with Crippen molar-refractivity contribution in [3.05, 3.63) is 24.8 Å². The van der Waals surface area contributed by atoms with E-state index in [0.29, 0.717) is 12.8 Å². The summed E-state index contributed by atoms with van der Waals surface area (Å²) in [6.45, 7) is 10.6. The molecule has 2 nitrogen and oxygen atoms in total. The number of hydrogen-bond donors (Lipinski definition) is 2. The van der Waals surface area contributed by atoms with Crippen LogP contribution >= 0.6 is 0 Å². The molecular weight excluding hydrogens is 152 g/mol. The van der Waals surface area contributed by atoms with Gasteiger partial charge in [-0.15, -0.1) is 13.2 Å². The molecule has 0 aliphatic carbocycles. The molecule has 0 saturated carbocycles. The fourth-order valence-corrected chi connectivity index (χ4v) is 1.03. The summed E-state index contributed by atoms with van der Waals surface area (Å²) in [6, 6.07) is 0. The average Bonchev–Trinajstić information content (AvgIpc) is 1.84. The summed E-state index contributed by atoms with van der Waals surface area (Å²) >= 11 is 0. The van der Waals surface area contributed by atoms with Crippen LogP contribution < -0.4 is 0 Å². The Balaban J connectivity index is 3.91. The van der Waals surface area contributed by atoms with Gasteiger partial charge in [0.15, 0.2) is 0 Å². The molecule has 0 aromatic rings. The summed E-state index contributed by atoms with van der Waals surface area (Å²) in [7, 11) is 0. The smallest absolute Gasteiger partial charge is 0.0821 e. The largest absolute Gasteiger partial charge is 0.393 e. The van der Waals surface area contributed by atoms with Crippen molar-refractivity contribution in [1.29, 1.82) is 0 Å². The van der Waals surface area contributed by atoms with E-state index in [2.05, 4.69) is 13.2 Å². The van der Waals surface area contributed by atoms with Gasteiger partial charge in [0.2, 0.25) is 0 Å². The first-order valence-electron chi connectivity index (χ1n) is 4.06. The lowest BCUT2D eigenvalue weighted by Crippen LogP contribution is -2.27. The van der Waals surface area contributed by atoms with Crippen LogP contribution in [0.25, 0.3) is 0 Å². The van der Waals surface area contributed by atoms with Gasteiger partial charge in [-0.25, -0.2) is 0 Å². The van der Waals surface area contributed by atoms with Gasteiger partial charge in [-0.3, -0.25) is 0 Å². The van der Waals surface area contributed by atoms with Gasteiger partial charge in [0, 0.05) is 6.42 Å². The Kier molecular flexibility index (Phi) is 4.21. The Morgan fingerprint density at radius 1 is 1.67 bits per heavy atom. The lowest BCUT2D eigenvalue weighted by atomic mass is 9.95. The highest BCUT2D eigenvalue weighted by Crippen LogP contribution is 2.16. The zero-order valence-electron chi connectivity index (χ0n) is 7.88. The summed E-state index contributed by atoms with van der Waals surface area (Å²) in [6.07, 6.45) is 1.75. The van der Waals surface area contributed by atoms with Gasteiger partial charge < -0.3 is 10.2 Å². The third kappa shape index (κ3) is 5.10. The zero-order chi connectivity index (χ0) is 9.78. The van der Waals surface area contributed by atoms with E-state index < -0.39 is 11.7 Å². The van der Waals surface area contributed by atoms with Gasteiger partial charge >= 0.3 is 0 Å². The minimum Gasteiger partial charge on any atom is -0.393 e. The van der Waals surface area contributed by atoms with Crippen LogP contribution in [0.1, 0.15) is 26.7 Å². The maximum atomic E-state index is 9.50. The van der Waals surface area contributed by atoms with Crippen LogP contribution in [-0.2, 0) is 0 Å². The number of hydrogen-bond acceptors (Lipinski definition) is 2. The third-order valence-electron chi connectivity index (χ3n) is 1.67. The lowest BCUT2D eigenvalue weighted by molar-refractivity contribution is 0.0409. The van der Waals surface area contributed by atoms with Gasteiger partial charge in [0.25, 0.3) is 0 Å². The molecule has 0 fully saturated rings. The van der Waals surface area contributed by atoms with Crippen LogP contribution in [0.2, 0.25) is 0 Å². The molecule has 2 N–H and O–H groups in total. The molecule has 12 heavy (non-hydrogen) atoms. The molecule has 0 aliphatic heterocycles. The van der Waals surface area contributed by atoms with Crippen LogP contribution in [0.5, 0.6) is 0 Å². The Morgan fingerprint density at radius 3 is 2.50 bits per heavy atom. The second-order valence-corrected chi connectivity index (χ2v) is 3.58. The van der Waals surface area contributed by atoms with Crippen LogP contribution in [-0.4, -0.2) is 21.9 Å². The van der Waals surface area contributed by atoms with Crippen molar-refractivity contribution in [3.8, 4) is 0 Å². The molecule has 0 heterocycles. The van der Waals surface area contributed by atoms with Crippen LogP contribution in [0.4, 0.5) is 0 Å². The predicted molar refractivity (Wildman–Crippen MR) is 50.9 cm³/mol. The maximum absolute atomic E-state index is 9.50. The fraction of sp³-hybridized carbons (Fsp3) is 0.600. The van der Waals surface area contributed by atoms with Crippen molar-refractivity contribution >= 4 is 0 Å². The molecule has 0 aromatic heterocycles. The summed E-state index contributed by atoms with van der Waals surface area (Å²) < 4.78 is 0. The topological polar surface area (TPSA) is 40.5 Å². The standard InChI is InChI=1S/C10H18O2/c1-5-10(4,12)7-9(11)6-8(2)3/h5,9,11-12H,1-2,6-7H2,3-4H3/t9-,10-/m1/s1. The molecule has 0 rings (SSSR count). The Hall–Kier alpha value is -0.600. The molecule has 0 spiro atoms. The second kappa shape index (κ2) is 4.43. The second-order valence-electron chi connectivity index (χ2n) is 3.58. The van der Waals surface area contributed by atoms with Gasteiger partial charge in [-0.05, 0) is 20.3 Å². The van der Waals surface area contributed by atoms with E-state index in [1.165, 1.54) is 6.08 Å². The van der Waals surface area contributed by atoms with Gasteiger partial charge in [-0.1, -0.05) is 11.6 Å². The molecule has 0 aromatic carbocycles. The van der Waals surface area contributed by atoms with Gasteiger partial charge in [0.1, 0.15) is 0 Å². The minimum atomic E-state index is -0.977. The Bertz CT molecular complexity index is 171. The molecule has 2 heteroatoms. The van der Waals surface area contributed by atoms with Crippen LogP contribution in [0.3, 0.4) is 0 Å². The first-order valence-corrected chi connectivity index (χ1v) is 4.06. The fourth-order valence-electron chi connectivity index (χ4n) is 1.03. The van der Waals surface area contributed by atoms with E-state index in [0.717, 1.165) is 5.57 Å². The normalized spacial score (nSPS) is 18.0. The SMILES string of the molecule is C=C[C@@](C)(O)C[C@H](O)CC(=C)C. The monoisotopic (exact) mass is 170 g/mol. The van der Waals surface area contributed by atoms with Crippen molar-refractivity contribution < 1.29 is 10.2 Å². The quantitative estimate of drug-likeness (QED) is 0.616. The van der Waals surface area contributed by atoms with Crippen molar-refractivity contribution in [2.45, 2.75) is 38.4 Å². The molecule has 0 unspecified atom stereocenters. The molecule has 0 aliphatic rings. The highest BCUT2D eigenvalue weighted by Gasteiger charge is 2.20. The van der Waals surface area contributed by atoms with E-state index in [1.807, 2.05) is 6.92 Å². The van der Waals surface area contributed by atoms with Crippen molar-refractivity contribution in [2.24, 2.45) is 0 Å². The van der Waals surface area contributed by atoms with E-state index in [1.54, 1.807) is 6.92 Å². The summed E-state index contributed by atoms with van der Waals surface area (Å²) in [5.41, 5.74) is -0.0585. The lowest BCUT2D eigenvalue weighted by Gasteiger charge is -2.22. The Morgan fingerprint density at radius 2 is 2.17 bits per heavy atom. The van der Waals surface area contributed by atoms with E-state index in [-0.39, 0.29) is 0 Å². The molecule has 2 atom stereocenters. The van der Waals surface area contributed by atoms with E-state index in [9.17, 15) is 10.2 Å². The first kappa shape index (κ1) is 11.4. The first-order chi connectivity index (χ1) is 5.37. The van der Waals surface area contributed by atoms with Crippen LogP contribution in [0, 0.1) is 0 Å². The van der Waals surface area contributed by atoms with Gasteiger partial charge in [-0.2, -0.15) is 0 Å². The molecule has 0 radical (unpaired) electrons. The summed E-state index contributed by atoms with van der Waals surface area (Å²) in [5, 5.41) is 18.9. The Labute approximate surface area is 74.2 Å². The van der Waals surface area contributed by atoms with Crippen molar-refractivity contribution in [2.75, 3.05) is 0 Å². The van der Waals surface area contributed by atoms with Crippen molar-refractivity contribution in [1.82, 2.24) is 0 Å².